The fraction of sp³-hybridized carbons (Fsp3) is 0.280. The number of hydrogen-bond donors (Lipinski definition) is 1. The van der Waals surface area contributed by atoms with Crippen molar-refractivity contribution in [3.8, 4) is 49.4 Å². The Morgan fingerprint density at radius 2 is 1.27 bits per heavy atom. The van der Waals surface area contributed by atoms with E-state index in [0.717, 1.165) is 43.6 Å². The van der Waals surface area contributed by atoms with Crippen LogP contribution in [0.3, 0.4) is 0 Å². The minimum absolute atomic E-state index is 0.0921. The van der Waals surface area contributed by atoms with Gasteiger partial charge in [-0.05, 0) is 0 Å². The van der Waals surface area contributed by atoms with Crippen LogP contribution in [-0.4, -0.2) is 29.6 Å². The zero-order valence-electron chi connectivity index (χ0n) is 33.9. The van der Waals surface area contributed by atoms with Gasteiger partial charge in [0, 0.05) is 0 Å². The molecule has 5 aromatic carbocycles. The molecule has 1 N–H and O–H groups in total. The summed E-state index contributed by atoms with van der Waals surface area (Å²) in [6, 6.07) is 33.4. The molecule has 0 aliphatic carbocycles. The second-order valence-electron chi connectivity index (χ2n) is 18.2. The van der Waals surface area contributed by atoms with E-state index in [0.29, 0.717) is 5.75 Å². The van der Waals surface area contributed by atoms with Gasteiger partial charge < -0.3 is 0 Å². The van der Waals surface area contributed by atoms with Crippen LogP contribution in [0, 0.1) is 13.8 Å². The molecule has 0 bridgehead atoms. The summed E-state index contributed by atoms with van der Waals surface area (Å²) in [7, 11) is 0. The zero-order chi connectivity index (χ0) is 39.2. The van der Waals surface area contributed by atoms with Gasteiger partial charge in [0.25, 0.3) is 0 Å². The van der Waals surface area contributed by atoms with E-state index < -0.39 is 0 Å². The van der Waals surface area contributed by atoms with Gasteiger partial charge in [-0.3, -0.25) is 0 Å². The fourth-order valence-electron chi connectivity index (χ4n) is 7.80. The van der Waals surface area contributed by atoms with Crippen molar-refractivity contribution in [1.29, 1.82) is 0 Å². The number of rotatable bonds is 4. The van der Waals surface area contributed by atoms with Crippen molar-refractivity contribution in [2.45, 2.75) is 92.4 Å². The molecule has 0 fully saturated rings. The van der Waals surface area contributed by atoms with E-state index in [1.54, 1.807) is 0 Å². The van der Waals surface area contributed by atoms with Gasteiger partial charge in [-0.15, -0.1) is 0 Å². The molecular weight excluding hydrogens is 756 g/mol. The molecule has 0 aliphatic rings. The summed E-state index contributed by atoms with van der Waals surface area (Å²) >= 11 is 1.66. The molecule has 0 amide bonds. The van der Waals surface area contributed by atoms with Crippen LogP contribution >= 0.6 is 11.3 Å². The standard InChI is InChI=1S/C50H50N2OSSe/c1-28-15-14-16-29(2)41(28)37-20-19-34(43-46(37)55-47(52-43)38-26-33(49(6,7)8)27-39(44(38)53)50(9,10)11)30-23-31(25-32(24-30)48(3,4)5)42-45-36(21-22-51-42)35-17-12-13-18-40(35)54-45/h12-27,53H,1-11H3. The van der Waals surface area contributed by atoms with Crippen LogP contribution in [-0.2, 0) is 16.2 Å². The Bertz CT molecular complexity index is 2780. The SMILES string of the molecule is Cc1cccc(C)c1-c1ccc(-c2cc(-c3nccc4c3sc3ccccc34)cc(C(C)(C)C)c2)c2nc(-c3cc(C(C)(C)C)cc(C(C)(C)C)c3O)[se]c12. The van der Waals surface area contributed by atoms with Crippen molar-refractivity contribution in [1.82, 2.24) is 9.97 Å². The number of aromatic nitrogens is 2. The van der Waals surface area contributed by atoms with Crippen molar-refractivity contribution in [2.24, 2.45) is 0 Å². The Morgan fingerprint density at radius 3 is 1.96 bits per heavy atom. The second-order valence-corrected chi connectivity index (χ2v) is 21.4. The van der Waals surface area contributed by atoms with Crippen molar-refractivity contribution in [3.05, 3.63) is 125 Å². The van der Waals surface area contributed by atoms with Gasteiger partial charge in [-0.25, -0.2) is 0 Å². The molecule has 0 saturated heterocycles. The third-order valence-electron chi connectivity index (χ3n) is 11.0. The van der Waals surface area contributed by atoms with Crippen LogP contribution in [0.4, 0.5) is 0 Å². The molecule has 55 heavy (non-hydrogen) atoms. The number of aryl methyl sites for hydroxylation is 2. The normalized spacial score (nSPS) is 12.7. The molecule has 278 valence electrons. The summed E-state index contributed by atoms with van der Waals surface area (Å²) in [4.78, 5) is 10.6. The van der Waals surface area contributed by atoms with E-state index >= 15 is 0 Å². The number of phenols is 1. The predicted octanol–water partition coefficient (Wildman–Crippen LogP) is 13.9. The minimum atomic E-state index is -0.233. The van der Waals surface area contributed by atoms with Crippen LogP contribution in [0.25, 0.3) is 73.6 Å². The first-order valence-electron chi connectivity index (χ1n) is 19.2. The predicted molar refractivity (Wildman–Crippen MR) is 238 cm³/mol. The van der Waals surface area contributed by atoms with Crippen LogP contribution < -0.4 is 0 Å². The molecule has 0 spiro atoms. The first-order valence-corrected chi connectivity index (χ1v) is 21.7. The Morgan fingerprint density at radius 1 is 0.618 bits per heavy atom. The van der Waals surface area contributed by atoms with Gasteiger partial charge in [0.1, 0.15) is 0 Å². The molecule has 0 radical (unpaired) electrons. The second kappa shape index (κ2) is 13.3. The number of benzene rings is 5. The molecule has 5 heteroatoms. The zero-order valence-corrected chi connectivity index (χ0v) is 36.4. The van der Waals surface area contributed by atoms with Gasteiger partial charge in [-0.1, -0.05) is 0 Å². The Balaban J connectivity index is 1.43. The number of phenolic OH excluding ortho intramolecular Hbond substituents is 1. The molecule has 3 nitrogen and oxygen atoms in total. The average Bonchev–Trinajstić information content (AvgIpc) is 3.73. The van der Waals surface area contributed by atoms with E-state index in [1.807, 2.05) is 17.5 Å². The molecule has 8 aromatic rings. The number of aromatic hydroxyl groups is 1. The van der Waals surface area contributed by atoms with Crippen LogP contribution in [0.5, 0.6) is 5.75 Å². The van der Waals surface area contributed by atoms with E-state index in [2.05, 4.69) is 167 Å². The third kappa shape index (κ3) is 6.65. The number of thiophene rings is 1. The van der Waals surface area contributed by atoms with Crippen LogP contribution in [0.2, 0.25) is 0 Å². The Hall–Kier alpha value is -4.54. The molecule has 0 unspecified atom stereocenters. The molecule has 0 saturated carbocycles. The van der Waals surface area contributed by atoms with E-state index in [4.69, 9.17) is 9.97 Å². The van der Waals surface area contributed by atoms with Crippen LogP contribution in [0.15, 0.2) is 97.2 Å². The summed E-state index contributed by atoms with van der Waals surface area (Å²) in [5.74, 6) is 0.351. The summed E-state index contributed by atoms with van der Waals surface area (Å²) in [6.45, 7) is 24.6. The number of hydrogen-bond acceptors (Lipinski definition) is 4. The van der Waals surface area contributed by atoms with Crippen molar-refractivity contribution < 1.29 is 5.11 Å². The molecule has 0 atom stereocenters. The van der Waals surface area contributed by atoms with Crippen molar-refractivity contribution in [2.75, 3.05) is 0 Å². The van der Waals surface area contributed by atoms with Gasteiger partial charge in [0.15, 0.2) is 0 Å². The topological polar surface area (TPSA) is 46.0 Å². The molecular formula is C50H50N2OSSe. The summed E-state index contributed by atoms with van der Waals surface area (Å²) < 4.78 is 4.73. The molecule has 8 rings (SSSR count). The summed E-state index contributed by atoms with van der Waals surface area (Å²) in [6.07, 6.45) is 1.96. The monoisotopic (exact) mass is 806 g/mol. The van der Waals surface area contributed by atoms with Crippen molar-refractivity contribution >= 4 is 55.8 Å². The number of fused-ring (bicyclic) bond motifs is 4. The maximum atomic E-state index is 12.1. The number of pyridine rings is 1. The maximum absolute atomic E-state index is 12.1. The molecule has 3 heterocycles. The van der Waals surface area contributed by atoms with Gasteiger partial charge in [0.2, 0.25) is 0 Å². The van der Waals surface area contributed by atoms with E-state index in [9.17, 15) is 5.11 Å². The first-order chi connectivity index (χ1) is 25.9. The van der Waals surface area contributed by atoms with Gasteiger partial charge >= 0.3 is 338 Å². The van der Waals surface area contributed by atoms with Gasteiger partial charge in [-0.2, -0.15) is 0 Å². The molecule has 0 aliphatic heterocycles. The van der Waals surface area contributed by atoms with Crippen molar-refractivity contribution in [3.63, 3.8) is 0 Å². The summed E-state index contributed by atoms with van der Waals surface area (Å²) in [5.41, 5.74) is 14.3. The Labute approximate surface area is 335 Å². The van der Waals surface area contributed by atoms with Crippen LogP contribution in [0.1, 0.15) is 90.1 Å². The number of nitrogens with zero attached hydrogens (tertiary/aromatic N) is 2. The van der Waals surface area contributed by atoms with E-state index in [-0.39, 0.29) is 30.7 Å². The molecule has 3 aromatic heterocycles. The fourth-order valence-corrected chi connectivity index (χ4v) is 11.4. The first kappa shape index (κ1) is 37.4. The third-order valence-corrected chi connectivity index (χ3v) is 14.5. The quantitative estimate of drug-likeness (QED) is 0.180. The summed E-state index contributed by atoms with van der Waals surface area (Å²) in [5, 5.41) is 14.6. The Kier molecular flexibility index (Phi) is 9.04. The van der Waals surface area contributed by atoms with Gasteiger partial charge in [0.05, 0.1) is 0 Å². The van der Waals surface area contributed by atoms with E-state index in [1.165, 1.54) is 57.8 Å². The average molecular weight is 806 g/mol.